The van der Waals surface area contributed by atoms with Gasteiger partial charge >= 0.3 is 11.9 Å². The van der Waals surface area contributed by atoms with Crippen LogP contribution in [0.5, 0.6) is 34.5 Å². The van der Waals surface area contributed by atoms with Gasteiger partial charge in [0, 0.05) is 46.8 Å². The molecule has 0 fully saturated rings. The van der Waals surface area contributed by atoms with E-state index in [0.29, 0.717) is 69.5 Å². The van der Waals surface area contributed by atoms with Crippen LogP contribution in [0.3, 0.4) is 0 Å². The van der Waals surface area contributed by atoms with Crippen molar-refractivity contribution in [3.05, 3.63) is 167 Å². The van der Waals surface area contributed by atoms with Crippen molar-refractivity contribution < 1.29 is 43.5 Å². The van der Waals surface area contributed by atoms with E-state index in [9.17, 15) is 24.6 Å². The molecule has 72 heavy (non-hydrogen) atoms. The number of ketones is 1. The lowest BCUT2D eigenvalue weighted by Gasteiger charge is -2.08. The van der Waals surface area contributed by atoms with Crippen LogP contribution in [0.2, 0.25) is 0 Å². The van der Waals surface area contributed by atoms with Crippen molar-refractivity contribution in [2.45, 2.75) is 117 Å². The molecule has 0 amide bonds. The summed E-state index contributed by atoms with van der Waals surface area (Å²) in [5.74, 6) is 0.0591. The molecule has 0 aliphatic heterocycles. The number of carbonyl (C=O) groups excluding carboxylic acids is 3. The Balaban J connectivity index is 0.950. The van der Waals surface area contributed by atoms with Crippen LogP contribution in [0.1, 0.15) is 164 Å². The number of hydrogen-bond acceptors (Lipinski definition) is 11. The maximum atomic E-state index is 13.6. The Morgan fingerprint density at radius 2 is 0.778 bits per heavy atom. The second kappa shape index (κ2) is 29.6. The minimum absolute atomic E-state index is 0.141. The molecule has 0 aliphatic rings. The third kappa shape index (κ3) is 18.0. The minimum atomic E-state index is -0.567. The van der Waals surface area contributed by atoms with Crippen LogP contribution in [-0.2, 0) is 0 Å². The number of benzene rings is 6. The van der Waals surface area contributed by atoms with Crippen LogP contribution >= 0.6 is 0 Å². The molecule has 6 rings (SSSR count). The lowest BCUT2D eigenvalue weighted by Crippen LogP contribution is -2.08. The van der Waals surface area contributed by atoms with Gasteiger partial charge in [-0.3, -0.25) is 14.8 Å². The molecule has 0 bridgehead atoms. The largest absolute Gasteiger partial charge is 0.507 e. The number of hydrogen-bond donors (Lipinski definition) is 2. The molecular formula is C61H68N2O9. The smallest absolute Gasteiger partial charge is 0.343 e. The highest BCUT2D eigenvalue weighted by Gasteiger charge is 2.14. The Morgan fingerprint density at radius 1 is 0.417 bits per heavy atom. The SMILES string of the molecule is CCCCCCCCCCOc1ccc(C(=O)Oc2ccc(C=Nc3cccc(C(=O)c4cccc(N=Cc5ccc(OC(=O)c6ccc(OCCCCCCCCCC)cc6)cc5O)c4)c3)c(O)c2)cc1. The fraction of sp³-hybridized carbons (Fsp3) is 0.328. The van der Waals surface area contributed by atoms with Gasteiger partial charge in [0.15, 0.2) is 5.78 Å². The molecular weight excluding hydrogens is 905 g/mol. The van der Waals surface area contributed by atoms with Gasteiger partial charge in [0.25, 0.3) is 0 Å². The first-order valence-electron chi connectivity index (χ1n) is 25.6. The number of ether oxygens (including phenoxy) is 4. The highest BCUT2D eigenvalue weighted by molar-refractivity contribution is 6.10. The summed E-state index contributed by atoms with van der Waals surface area (Å²) >= 11 is 0. The van der Waals surface area contributed by atoms with Crippen molar-refractivity contribution in [1.29, 1.82) is 0 Å². The molecule has 11 nitrogen and oxygen atoms in total. The second-order valence-electron chi connectivity index (χ2n) is 17.9. The van der Waals surface area contributed by atoms with Crippen LogP contribution in [0, 0.1) is 0 Å². The summed E-state index contributed by atoms with van der Waals surface area (Å²) in [6.07, 6.45) is 22.5. The van der Waals surface area contributed by atoms with Crippen molar-refractivity contribution in [3.63, 3.8) is 0 Å². The fourth-order valence-electron chi connectivity index (χ4n) is 7.86. The predicted octanol–water partition coefficient (Wildman–Crippen LogP) is 15.3. The van der Waals surface area contributed by atoms with E-state index in [4.69, 9.17) is 18.9 Å². The van der Waals surface area contributed by atoms with Gasteiger partial charge in [-0.1, -0.05) is 128 Å². The molecule has 2 N–H and O–H groups in total. The molecule has 0 spiro atoms. The third-order valence-corrected chi connectivity index (χ3v) is 12.1. The average Bonchev–Trinajstić information content (AvgIpc) is 3.39. The van der Waals surface area contributed by atoms with Crippen molar-refractivity contribution >= 4 is 41.5 Å². The van der Waals surface area contributed by atoms with Crippen LogP contribution in [0.4, 0.5) is 11.4 Å². The number of carbonyl (C=O) groups is 3. The summed E-state index contributed by atoms with van der Waals surface area (Å²) < 4.78 is 22.8. The number of aliphatic imine (C=N–C) groups is 2. The molecule has 376 valence electrons. The molecule has 0 saturated carbocycles. The third-order valence-electron chi connectivity index (χ3n) is 12.1. The lowest BCUT2D eigenvalue weighted by atomic mass is 10.0. The molecule has 11 heteroatoms. The first-order valence-corrected chi connectivity index (χ1v) is 25.6. The first kappa shape index (κ1) is 53.8. The van der Waals surface area contributed by atoms with Gasteiger partial charge in [-0.2, -0.15) is 0 Å². The van der Waals surface area contributed by atoms with Crippen molar-refractivity contribution in [2.75, 3.05) is 13.2 Å². The van der Waals surface area contributed by atoms with Crippen molar-refractivity contribution in [3.8, 4) is 34.5 Å². The number of nitrogens with zero attached hydrogens (tertiary/aromatic N) is 2. The molecule has 0 heterocycles. The monoisotopic (exact) mass is 972 g/mol. The zero-order chi connectivity index (χ0) is 50.8. The van der Waals surface area contributed by atoms with Crippen LogP contribution in [0.15, 0.2) is 143 Å². The Kier molecular flexibility index (Phi) is 22.1. The number of rotatable bonds is 30. The Labute approximate surface area is 424 Å². The zero-order valence-electron chi connectivity index (χ0n) is 41.7. The maximum Gasteiger partial charge on any atom is 0.343 e. The quantitative estimate of drug-likeness (QED) is 0.0148. The summed E-state index contributed by atoms with van der Waals surface area (Å²) in [6, 6.07) is 36.2. The molecule has 0 saturated heterocycles. The molecule has 0 radical (unpaired) electrons. The molecule has 6 aromatic rings. The van der Waals surface area contributed by atoms with Gasteiger partial charge in [0.1, 0.15) is 34.5 Å². The number of unbranched alkanes of at least 4 members (excludes halogenated alkanes) is 14. The topological polar surface area (TPSA) is 153 Å². The van der Waals surface area contributed by atoms with Crippen LogP contribution < -0.4 is 18.9 Å². The highest BCUT2D eigenvalue weighted by Crippen LogP contribution is 2.28. The molecule has 0 atom stereocenters. The van der Waals surface area contributed by atoms with Gasteiger partial charge in [-0.15, -0.1) is 0 Å². The number of aromatic hydroxyl groups is 2. The molecule has 0 aliphatic carbocycles. The van der Waals surface area contributed by atoms with E-state index in [1.165, 1.54) is 102 Å². The van der Waals surface area contributed by atoms with Gasteiger partial charge in [-0.05, 0) is 110 Å². The van der Waals surface area contributed by atoms with E-state index in [0.717, 1.165) is 25.7 Å². The maximum absolute atomic E-state index is 13.6. The summed E-state index contributed by atoms with van der Waals surface area (Å²) in [6.45, 7) is 5.72. The van der Waals surface area contributed by atoms with Crippen LogP contribution in [0.25, 0.3) is 0 Å². The van der Waals surface area contributed by atoms with E-state index in [2.05, 4.69) is 23.8 Å². The van der Waals surface area contributed by atoms with Gasteiger partial charge < -0.3 is 29.2 Å². The van der Waals surface area contributed by atoms with E-state index < -0.39 is 11.9 Å². The zero-order valence-corrected chi connectivity index (χ0v) is 41.7. The highest BCUT2D eigenvalue weighted by atomic mass is 16.5. The fourth-order valence-corrected chi connectivity index (χ4v) is 7.86. The van der Waals surface area contributed by atoms with E-state index in [1.54, 1.807) is 121 Å². The van der Waals surface area contributed by atoms with E-state index in [-0.39, 0.29) is 28.8 Å². The lowest BCUT2D eigenvalue weighted by molar-refractivity contribution is 0.0724. The van der Waals surface area contributed by atoms with Crippen molar-refractivity contribution in [2.24, 2.45) is 9.98 Å². The van der Waals surface area contributed by atoms with Gasteiger partial charge in [0.2, 0.25) is 0 Å². The van der Waals surface area contributed by atoms with Crippen molar-refractivity contribution in [1.82, 2.24) is 0 Å². The predicted molar refractivity (Wildman–Crippen MR) is 286 cm³/mol. The number of phenolic OH excluding ortho intramolecular Hbond substituents is 2. The van der Waals surface area contributed by atoms with Crippen LogP contribution in [-0.4, -0.2) is 53.6 Å². The Bertz CT molecular complexity index is 2530. The minimum Gasteiger partial charge on any atom is -0.507 e. The Morgan fingerprint density at radius 3 is 1.15 bits per heavy atom. The summed E-state index contributed by atoms with van der Waals surface area (Å²) in [4.78, 5) is 48.3. The van der Waals surface area contributed by atoms with Gasteiger partial charge in [-0.25, -0.2) is 9.59 Å². The number of phenols is 2. The summed E-state index contributed by atoms with van der Waals surface area (Å²) in [7, 11) is 0. The van der Waals surface area contributed by atoms with E-state index >= 15 is 0 Å². The Hall–Kier alpha value is -7.53. The summed E-state index contributed by atoms with van der Waals surface area (Å²) in [5, 5.41) is 21.5. The summed E-state index contributed by atoms with van der Waals surface area (Å²) in [5.41, 5.74) is 3.21. The molecule has 0 unspecified atom stereocenters. The molecule has 6 aromatic carbocycles. The van der Waals surface area contributed by atoms with E-state index in [1.807, 2.05) is 0 Å². The standard InChI is InChI=1S/C61H68N2O9/c1-3-5-7-9-11-13-15-17-37-69-53-31-25-45(26-32-53)60(67)71-55-35-29-49(57(64)41-55)43-62-51-23-19-21-47(39-51)59(66)48-22-20-24-52(40-48)63-44-50-30-36-56(42-58(50)65)72-61(68)46-27-33-54(34-28-46)70-38-18-16-14-12-10-8-6-4-2/h19-36,39-44,64-65H,3-18,37-38H2,1-2H3. The normalized spacial score (nSPS) is 11.2. The number of esters is 2. The second-order valence-corrected chi connectivity index (χ2v) is 17.9. The first-order chi connectivity index (χ1) is 35.2. The average molecular weight is 973 g/mol. The van der Waals surface area contributed by atoms with Gasteiger partial charge in [0.05, 0.1) is 35.7 Å². The molecule has 0 aromatic heterocycles.